The summed E-state index contributed by atoms with van der Waals surface area (Å²) in [7, 11) is 2.05. The molecule has 0 radical (unpaired) electrons. The van der Waals surface area contributed by atoms with Crippen LogP contribution in [0.2, 0.25) is 0 Å². The van der Waals surface area contributed by atoms with Crippen LogP contribution < -0.4 is 14.4 Å². The molecule has 1 atom stereocenters. The van der Waals surface area contributed by atoms with Crippen LogP contribution in [0.25, 0.3) is 0 Å². The lowest BCUT2D eigenvalue weighted by Gasteiger charge is -2.31. The molecule has 1 aromatic carbocycles. The second-order valence-corrected chi connectivity index (χ2v) is 10.3. The summed E-state index contributed by atoms with van der Waals surface area (Å²) in [6.45, 7) is 12.3. The van der Waals surface area contributed by atoms with Gasteiger partial charge in [0.2, 0.25) is 5.83 Å². The molecule has 5 nitrogen and oxygen atoms in total. The van der Waals surface area contributed by atoms with Gasteiger partial charge >= 0.3 is 0 Å². The van der Waals surface area contributed by atoms with E-state index in [2.05, 4.69) is 47.3 Å². The molecule has 2 rings (SSSR count). The van der Waals surface area contributed by atoms with E-state index in [1.165, 1.54) is 31.0 Å². The number of nitrogens with zero attached hydrogens (tertiary/aromatic N) is 2. The van der Waals surface area contributed by atoms with Crippen LogP contribution in [0, 0.1) is 0 Å². The first-order chi connectivity index (χ1) is 15.8. The smallest absolute Gasteiger partial charge is 0.293 e. The van der Waals surface area contributed by atoms with Crippen LogP contribution in [-0.4, -0.2) is 48.9 Å². The Kier molecular flexibility index (Phi) is 14.7. The molecule has 1 aliphatic heterocycles. The number of hydrogen-bond donors (Lipinski definition) is 1. The van der Waals surface area contributed by atoms with Crippen molar-refractivity contribution in [3.8, 4) is 5.75 Å². The molecule has 1 N–H and O–H groups in total. The SMILES string of the molecule is C=CCC(C)N1CCN(C)Sc2cc(O/C=C(\F)C(=O)NSC)c(SC)cc21.CCCCC. The number of benzene rings is 1. The van der Waals surface area contributed by atoms with Gasteiger partial charge in [-0.1, -0.05) is 51.1 Å². The summed E-state index contributed by atoms with van der Waals surface area (Å²) in [6.07, 6.45) is 11.4. The maximum atomic E-state index is 13.9. The van der Waals surface area contributed by atoms with E-state index in [9.17, 15) is 9.18 Å². The van der Waals surface area contributed by atoms with Crippen molar-refractivity contribution < 1.29 is 13.9 Å². The first-order valence-corrected chi connectivity index (χ1v) is 14.4. The quantitative estimate of drug-likeness (QED) is 0.119. The molecule has 0 fully saturated rings. The molecule has 1 amide bonds. The van der Waals surface area contributed by atoms with Gasteiger partial charge in [0.05, 0.1) is 15.5 Å². The standard InChI is InChI=1S/C19H26FN3O2S3.C5H12/c1-6-7-13(2)23-9-8-22(3)28-17-11-16(18(26-4)10-15(17)23)25-12-14(20)19(24)21-27-5;1-3-5-4-2/h6,10-13H,1,7-9H2,2-5H3,(H,21,24);3-5H2,1-2H3/b14-12-;. The summed E-state index contributed by atoms with van der Waals surface area (Å²) in [6, 6.07) is 4.31. The summed E-state index contributed by atoms with van der Waals surface area (Å²) < 4.78 is 23.9. The maximum absolute atomic E-state index is 13.9. The third kappa shape index (κ3) is 9.84. The van der Waals surface area contributed by atoms with Crippen molar-refractivity contribution in [2.45, 2.75) is 62.3 Å². The normalized spacial score (nSPS) is 15.0. The van der Waals surface area contributed by atoms with Crippen molar-refractivity contribution >= 4 is 47.3 Å². The molecular weight excluding hydrogens is 477 g/mol. The van der Waals surface area contributed by atoms with Crippen molar-refractivity contribution in [2.24, 2.45) is 0 Å². The highest BCUT2D eigenvalue weighted by Gasteiger charge is 2.24. The Morgan fingerprint density at radius 3 is 2.58 bits per heavy atom. The predicted molar refractivity (Wildman–Crippen MR) is 145 cm³/mol. The molecule has 186 valence electrons. The fourth-order valence-corrected chi connectivity index (χ4v) is 4.91. The lowest BCUT2D eigenvalue weighted by Crippen LogP contribution is -2.36. The van der Waals surface area contributed by atoms with Gasteiger partial charge in [-0.2, -0.15) is 4.39 Å². The molecule has 33 heavy (non-hydrogen) atoms. The lowest BCUT2D eigenvalue weighted by atomic mass is 10.1. The maximum Gasteiger partial charge on any atom is 0.293 e. The topological polar surface area (TPSA) is 44.8 Å². The molecule has 9 heteroatoms. The number of fused-ring (bicyclic) bond motifs is 1. The van der Waals surface area contributed by atoms with Crippen LogP contribution in [0.1, 0.15) is 46.5 Å². The average molecular weight is 516 g/mol. The Bertz CT molecular complexity index is 790. The zero-order valence-corrected chi connectivity index (χ0v) is 23.1. The summed E-state index contributed by atoms with van der Waals surface area (Å²) in [5.74, 6) is -1.26. The van der Waals surface area contributed by atoms with Crippen molar-refractivity contribution in [3.63, 3.8) is 0 Å². The molecule has 0 aromatic heterocycles. The summed E-state index contributed by atoms with van der Waals surface area (Å²) in [5.41, 5.74) is 1.13. The van der Waals surface area contributed by atoms with Gasteiger partial charge < -0.3 is 9.64 Å². The molecule has 1 heterocycles. The lowest BCUT2D eigenvalue weighted by molar-refractivity contribution is -0.117. The number of halogens is 1. The highest BCUT2D eigenvalue weighted by atomic mass is 32.2. The van der Waals surface area contributed by atoms with Crippen LogP contribution in [0.15, 0.2) is 46.7 Å². The molecule has 0 saturated heterocycles. The van der Waals surface area contributed by atoms with Crippen molar-refractivity contribution in [2.75, 3.05) is 37.5 Å². The van der Waals surface area contributed by atoms with Gasteiger partial charge in [0.1, 0.15) is 12.0 Å². The third-order valence-electron chi connectivity index (χ3n) is 4.91. The Morgan fingerprint density at radius 1 is 1.33 bits per heavy atom. The number of unbranched alkanes of at least 4 members (excludes halogenated alkanes) is 2. The number of anilines is 1. The van der Waals surface area contributed by atoms with Crippen LogP contribution in [0.4, 0.5) is 10.1 Å². The van der Waals surface area contributed by atoms with E-state index < -0.39 is 11.7 Å². The van der Waals surface area contributed by atoms with Gasteiger partial charge in [-0.05, 0) is 50.7 Å². The highest BCUT2D eigenvalue weighted by molar-refractivity contribution is 7.98. The number of thioether (sulfide) groups is 1. The van der Waals surface area contributed by atoms with Crippen molar-refractivity contribution in [1.29, 1.82) is 0 Å². The fraction of sp³-hybridized carbons (Fsp3) is 0.542. The largest absolute Gasteiger partial charge is 0.461 e. The molecule has 0 spiro atoms. The fourth-order valence-electron chi connectivity index (χ4n) is 3.15. The second kappa shape index (κ2) is 16.4. The Hall–Kier alpha value is -1.29. The predicted octanol–water partition coefficient (Wildman–Crippen LogP) is 6.91. The molecule has 1 aromatic rings. The molecule has 1 aliphatic rings. The third-order valence-corrected chi connectivity index (χ3v) is 7.08. The van der Waals surface area contributed by atoms with E-state index in [-0.39, 0.29) is 0 Å². The minimum Gasteiger partial charge on any atom is -0.461 e. The van der Waals surface area contributed by atoms with E-state index in [0.717, 1.165) is 53.2 Å². The van der Waals surface area contributed by atoms with Gasteiger partial charge in [-0.25, -0.2) is 4.31 Å². The first kappa shape index (κ1) is 29.7. The van der Waals surface area contributed by atoms with Crippen molar-refractivity contribution in [1.82, 2.24) is 9.03 Å². The highest BCUT2D eigenvalue weighted by Crippen LogP contribution is 2.43. The van der Waals surface area contributed by atoms with Crippen LogP contribution in [0.3, 0.4) is 0 Å². The van der Waals surface area contributed by atoms with Gasteiger partial charge in [0, 0.05) is 25.4 Å². The van der Waals surface area contributed by atoms with E-state index in [1.807, 2.05) is 25.4 Å². The van der Waals surface area contributed by atoms with E-state index in [0.29, 0.717) is 11.8 Å². The first-order valence-electron chi connectivity index (χ1n) is 11.2. The summed E-state index contributed by atoms with van der Waals surface area (Å²) >= 11 is 4.19. The Balaban J connectivity index is 0.000000981. The van der Waals surface area contributed by atoms with Gasteiger partial charge in [-0.3, -0.25) is 9.52 Å². The minimum absolute atomic E-state index is 0.317. The van der Waals surface area contributed by atoms with Gasteiger partial charge in [0.15, 0.2) is 0 Å². The summed E-state index contributed by atoms with van der Waals surface area (Å²) in [4.78, 5) is 15.8. The van der Waals surface area contributed by atoms with E-state index in [4.69, 9.17) is 4.74 Å². The Morgan fingerprint density at radius 2 is 2.03 bits per heavy atom. The zero-order valence-electron chi connectivity index (χ0n) is 20.7. The number of rotatable bonds is 10. The number of likely N-dealkylation sites (N-methyl/N-ethyl adjacent to an activating group) is 1. The van der Waals surface area contributed by atoms with Gasteiger partial charge in [-0.15, -0.1) is 18.3 Å². The molecule has 0 bridgehead atoms. The minimum atomic E-state index is -0.970. The Labute approximate surface area is 212 Å². The van der Waals surface area contributed by atoms with Crippen molar-refractivity contribution in [3.05, 3.63) is 36.9 Å². The van der Waals surface area contributed by atoms with E-state index >= 15 is 0 Å². The van der Waals surface area contributed by atoms with Crippen LogP contribution in [0.5, 0.6) is 5.75 Å². The number of carbonyl (C=O) groups is 1. The van der Waals surface area contributed by atoms with Gasteiger partial charge in [0.25, 0.3) is 5.91 Å². The second-order valence-electron chi connectivity index (χ2n) is 7.55. The average Bonchev–Trinajstić information content (AvgIpc) is 2.95. The number of ether oxygens (including phenoxy) is 1. The molecule has 0 saturated carbocycles. The number of nitrogens with one attached hydrogen (secondary N) is 1. The zero-order chi connectivity index (χ0) is 24.8. The van der Waals surface area contributed by atoms with E-state index in [1.54, 1.807) is 18.2 Å². The number of carbonyl (C=O) groups excluding carboxylic acids is 1. The number of hydrogen-bond acceptors (Lipinski definition) is 7. The van der Waals surface area contributed by atoms with Crippen LogP contribution in [-0.2, 0) is 4.79 Å². The molecular formula is C24H38FN3O2S3. The monoisotopic (exact) mass is 515 g/mol. The molecule has 0 aliphatic carbocycles. The number of amides is 1. The van der Waals surface area contributed by atoms with Crippen LogP contribution >= 0.6 is 35.7 Å². The summed E-state index contributed by atoms with van der Waals surface area (Å²) in [5, 5.41) is 0. The molecule has 1 unspecified atom stereocenters.